The van der Waals surface area contributed by atoms with Crippen LogP contribution in [0.3, 0.4) is 0 Å². The zero-order valence-corrected chi connectivity index (χ0v) is 16.3. The predicted octanol–water partition coefficient (Wildman–Crippen LogP) is 5.20. The number of anilines is 1. The Hall–Kier alpha value is -0.0400. The second-order valence-electron chi connectivity index (χ2n) is 5.73. The molecule has 1 fully saturated rings. The third-order valence-electron chi connectivity index (χ3n) is 4.08. The van der Waals surface area contributed by atoms with Crippen LogP contribution in [0.2, 0.25) is 0 Å². The lowest BCUT2D eigenvalue weighted by Gasteiger charge is -2.16. The first-order valence-corrected chi connectivity index (χ1v) is 10.2. The van der Waals surface area contributed by atoms with Crippen LogP contribution in [0.1, 0.15) is 70.3 Å². The number of nitrogens with zero attached hydrogens (tertiary/aromatic N) is 2. The minimum Gasteiger partial charge on any atom is -0.369 e. The Labute approximate surface area is 146 Å². The molecule has 0 bridgehead atoms. The van der Waals surface area contributed by atoms with Gasteiger partial charge in [0.2, 0.25) is 0 Å². The minimum absolute atomic E-state index is 0.643. The number of thioether (sulfide) groups is 1. The average Bonchev–Trinajstić information content (AvgIpc) is 3.01. The van der Waals surface area contributed by atoms with Crippen LogP contribution >= 0.6 is 34.4 Å². The van der Waals surface area contributed by atoms with E-state index in [1.165, 1.54) is 41.4 Å². The third kappa shape index (κ3) is 4.71. The maximum Gasteiger partial charge on any atom is 0.143 e. The molecule has 3 nitrogen and oxygen atoms in total. The highest BCUT2D eigenvalue weighted by atomic mass is 127. The molecule has 1 saturated carbocycles. The lowest BCUT2D eigenvalue weighted by molar-refractivity contribution is 0.683. The van der Waals surface area contributed by atoms with Gasteiger partial charge in [0.05, 0.1) is 15.0 Å². The van der Waals surface area contributed by atoms with Crippen molar-refractivity contribution < 1.29 is 0 Å². The quantitative estimate of drug-likeness (QED) is 0.617. The van der Waals surface area contributed by atoms with E-state index in [-0.39, 0.29) is 0 Å². The molecule has 0 radical (unpaired) electrons. The lowest BCUT2D eigenvalue weighted by Crippen LogP contribution is -2.11. The van der Waals surface area contributed by atoms with Crippen molar-refractivity contribution in [3.63, 3.8) is 0 Å². The van der Waals surface area contributed by atoms with E-state index in [1.807, 2.05) is 11.8 Å². The summed E-state index contributed by atoms with van der Waals surface area (Å²) in [5, 5.41) is 4.09. The van der Waals surface area contributed by atoms with E-state index in [4.69, 9.17) is 9.97 Å². The molecular weight excluding hydrogens is 393 g/mol. The molecule has 21 heavy (non-hydrogen) atoms. The SMILES string of the molecule is CCNc1nc(CSC(C)CC)nc(C2CCCC2)c1I. The van der Waals surface area contributed by atoms with Gasteiger partial charge in [-0.3, -0.25) is 0 Å². The summed E-state index contributed by atoms with van der Waals surface area (Å²) in [6.45, 7) is 7.55. The Morgan fingerprint density at radius 3 is 2.62 bits per heavy atom. The van der Waals surface area contributed by atoms with Crippen LogP contribution in [0.25, 0.3) is 0 Å². The Kier molecular flexibility index (Phi) is 7.05. The molecule has 1 unspecified atom stereocenters. The molecule has 1 aromatic heterocycles. The van der Waals surface area contributed by atoms with E-state index in [0.717, 1.165) is 23.9 Å². The van der Waals surface area contributed by atoms with E-state index >= 15 is 0 Å². The highest BCUT2D eigenvalue weighted by Gasteiger charge is 2.23. The number of halogens is 1. The first-order valence-electron chi connectivity index (χ1n) is 8.07. The van der Waals surface area contributed by atoms with Crippen LogP contribution in [0.5, 0.6) is 0 Å². The van der Waals surface area contributed by atoms with Crippen molar-refractivity contribution in [2.24, 2.45) is 0 Å². The first-order chi connectivity index (χ1) is 10.2. The van der Waals surface area contributed by atoms with Gasteiger partial charge < -0.3 is 5.32 Å². The van der Waals surface area contributed by atoms with Crippen molar-refractivity contribution >= 4 is 40.2 Å². The molecule has 0 saturated heterocycles. The van der Waals surface area contributed by atoms with Gasteiger partial charge in [0, 0.05) is 17.7 Å². The van der Waals surface area contributed by atoms with Crippen LogP contribution in [0, 0.1) is 3.57 Å². The van der Waals surface area contributed by atoms with Crippen LogP contribution in [-0.4, -0.2) is 21.8 Å². The molecule has 1 aliphatic rings. The molecule has 1 N–H and O–H groups in total. The Balaban J connectivity index is 2.23. The van der Waals surface area contributed by atoms with Gasteiger partial charge in [0.1, 0.15) is 11.6 Å². The van der Waals surface area contributed by atoms with Crippen molar-refractivity contribution in [2.45, 2.75) is 69.8 Å². The highest BCUT2D eigenvalue weighted by Crippen LogP contribution is 2.37. The fourth-order valence-corrected chi connectivity index (χ4v) is 4.34. The highest BCUT2D eigenvalue weighted by molar-refractivity contribution is 14.1. The molecule has 0 amide bonds. The molecule has 1 aliphatic carbocycles. The maximum absolute atomic E-state index is 4.92. The predicted molar refractivity (Wildman–Crippen MR) is 101 cm³/mol. The second-order valence-corrected chi connectivity index (χ2v) is 8.23. The fourth-order valence-electron chi connectivity index (χ4n) is 2.67. The zero-order chi connectivity index (χ0) is 15.2. The Morgan fingerprint density at radius 2 is 2.00 bits per heavy atom. The summed E-state index contributed by atoms with van der Waals surface area (Å²) in [6.07, 6.45) is 6.47. The largest absolute Gasteiger partial charge is 0.369 e. The summed E-state index contributed by atoms with van der Waals surface area (Å²) in [5.41, 5.74) is 1.29. The summed E-state index contributed by atoms with van der Waals surface area (Å²) < 4.78 is 1.23. The van der Waals surface area contributed by atoms with Gasteiger partial charge in [-0.05, 0) is 48.8 Å². The van der Waals surface area contributed by atoms with Gasteiger partial charge >= 0.3 is 0 Å². The van der Waals surface area contributed by atoms with Crippen molar-refractivity contribution in [1.82, 2.24) is 9.97 Å². The number of rotatable bonds is 7. The monoisotopic (exact) mass is 419 g/mol. The van der Waals surface area contributed by atoms with Gasteiger partial charge in [-0.25, -0.2) is 9.97 Å². The molecule has 1 aromatic rings. The van der Waals surface area contributed by atoms with Crippen molar-refractivity contribution in [1.29, 1.82) is 0 Å². The molecule has 2 rings (SSSR count). The molecule has 1 atom stereocenters. The van der Waals surface area contributed by atoms with E-state index in [0.29, 0.717) is 11.2 Å². The van der Waals surface area contributed by atoms with Gasteiger partial charge in [-0.2, -0.15) is 11.8 Å². The van der Waals surface area contributed by atoms with E-state index in [1.54, 1.807) is 0 Å². The summed E-state index contributed by atoms with van der Waals surface area (Å²) in [5.74, 6) is 3.60. The summed E-state index contributed by atoms with van der Waals surface area (Å²) in [6, 6.07) is 0. The van der Waals surface area contributed by atoms with Crippen LogP contribution in [0.4, 0.5) is 5.82 Å². The van der Waals surface area contributed by atoms with Gasteiger partial charge in [0.15, 0.2) is 0 Å². The molecule has 0 aliphatic heterocycles. The number of aromatic nitrogens is 2. The molecule has 0 aromatic carbocycles. The third-order valence-corrected chi connectivity index (χ3v) is 6.47. The summed E-state index contributed by atoms with van der Waals surface area (Å²) >= 11 is 4.38. The van der Waals surface area contributed by atoms with Crippen molar-refractivity contribution in [3.8, 4) is 0 Å². The zero-order valence-electron chi connectivity index (χ0n) is 13.3. The summed E-state index contributed by atoms with van der Waals surface area (Å²) in [4.78, 5) is 9.67. The molecule has 5 heteroatoms. The van der Waals surface area contributed by atoms with E-state index in [9.17, 15) is 0 Å². The fraction of sp³-hybridized carbons (Fsp3) is 0.750. The Morgan fingerprint density at radius 1 is 1.29 bits per heavy atom. The van der Waals surface area contributed by atoms with Gasteiger partial charge in [-0.15, -0.1) is 0 Å². The lowest BCUT2D eigenvalue weighted by atomic mass is 10.0. The number of hydrogen-bond donors (Lipinski definition) is 1. The van der Waals surface area contributed by atoms with Gasteiger partial charge in [0.25, 0.3) is 0 Å². The molecule has 1 heterocycles. The van der Waals surface area contributed by atoms with Crippen LogP contribution < -0.4 is 5.32 Å². The molecule has 118 valence electrons. The topological polar surface area (TPSA) is 37.8 Å². The first kappa shape index (κ1) is 17.3. The van der Waals surface area contributed by atoms with Crippen molar-refractivity contribution in [3.05, 3.63) is 15.1 Å². The smallest absolute Gasteiger partial charge is 0.143 e. The van der Waals surface area contributed by atoms with Crippen LogP contribution in [0.15, 0.2) is 0 Å². The number of hydrogen-bond acceptors (Lipinski definition) is 4. The average molecular weight is 419 g/mol. The standard InChI is InChI=1S/C16H26IN3S/c1-4-11(3)21-10-13-19-15(12-8-6-7-9-12)14(17)16(20-13)18-5-2/h11-12H,4-10H2,1-3H3,(H,18,19,20). The number of nitrogens with one attached hydrogen (secondary N) is 1. The molecular formula is C16H26IN3S. The maximum atomic E-state index is 4.92. The summed E-state index contributed by atoms with van der Waals surface area (Å²) in [7, 11) is 0. The normalized spacial score (nSPS) is 17.1. The Bertz CT molecular complexity index is 461. The van der Waals surface area contributed by atoms with E-state index < -0.39 is 0 Å². The van der Waals surface area contributed by atoms with E-state index in [2.05, 4.69) is 48.7 Å². The molecule has 0 spiro atoms. The second kappa shape index (κ2) is 8.56. The van der Waals surface area contributed by atoms with Gasteiger partial charge in [-0.1, -0.05) is 26.7 Å². The van der Waals surface area contributed by atoms with Crippen LogP contribution in [-0.2, 0) is 5.75 Å². The van der Waals surface area contributed by atoms with Crippen molar-refractivity contribution in [2.75, 3.05) is 11.9 Å². The minimum atomic E-state index is 0.643.